The number of hydrogen-bond donors (Lipinski definition) is 1. The molecule has 0 fully saturated rings. The molecular weight excluding hydrogens is 465 g/mol. The van der Waals surface area contributed by atoms with Gasteiger partial charge in [0.25, 0.3) is 0 Å². The van der Waals surface area contributed by atoms with Crippen LogP contribution in [0.3, 0.4) is 0 Å². The van der Waals surface area contributed by atoms with Crippen LogP contribution in [-0.4, -0.2) is 30.9 Å². The number of pyridine rings is 1. The summed E-state index contributed by atoms with van der Waals surface area (Å²) in [4.78, 5) is 17.1. The molecule has 0 bridgehead atoms. The quantitative estimate of drug-likeness (QED) is 0.337. The lowest BCUT2D eigenvalue weighted by atomic mass is 10.2. The van der Waals surface area contributed by atoms with Crippen LogP contribution in [-0.2, 0) is 4.79 Å². The molecule has 0 aliphatic carbocycles. The third kappa shape index (κ3) is 4.80. The number of nitrogens with one attached hydrogen (secondary N) is 1. The number of para-hydroxylation sites is 1. The van der Waals surface area contributed by atoms with Crippen molar-refractivity contribution in [2.75, 3.05) is 5.32 Å². The number of carbonyl (C=O) groups is 1. The van der Waals surface area contributed by atoms with Crippen molar-refractivity contribution in [3.8, 4) is 17.1 Å². The van der Waals surface area contributed by atoms with Gasteiger partial charge in [0, 0.05) is 23.0 Å². The summed E-state index contributed by atoms with van der Waals surface area (Å²) in [5, 5.41) is 12.7. The summed E-state index contributed by atoms with van der Waals surface area (Å²) >= 11 is 13.4. The van der Waals surface area contributed by atoms with Crippen molar-refractivity contribution in [2.45, 2.75) is 24.3 Å². The summed E-state index contributed by atoms with van der Waals surface area (Å²) in [5.41, 5.74) is 3.33. The van der Waals surface area contributed by atoms with Gasteiger partial charge in [0.05, 0.1) is 21.6 Å². The summed E-state index contributed by atoms with van der Waals surface area (Å²) < 4.78 is 1.95. The Morgan fingerprint density at radius 1 is 1.09 bits per heavy atom. The van der Waals surface area contributed by atoms with Gasteiger partial charge in [0.2, 0.25) is 5.91 Å². The summed E-state index contributed by atoms with van der Waals surface area (Å²) in [6.45, 7) is 3.83. The first kappa shape index (κ1) is 22.3. The number of benzene rings is 2. The van der Waals surface area contributed by atoms with E-state index in [-0.39, 0.29) is 5.91 Å². The molecule has 162 valence electrons. The highest BCUT2D eigenvalue weighted by Crippen LogP contribution is 2.32. The van der Waals surface area contributed by atoms with E-state index in [0.29, 0.717) is 26.7 Å². The maximum atomic E-state index is 12.9. The fourth-order valence-electron chi connectivity index (χ4n) is 3.10. The Bertz CT molecular complexity index is 1260. The number of carbonyl (C=O) groups excluding carboxylic acids is 1. The second-order valence-corrected chi connectivity index (χ2v) is 9.19. The van der Waals surface area contributed by atoms with Crippen LogP contribution in [0.2, 0.25) is 10.0 Å². The molecule has 0 spiro atoms. The number of rotatable bonds is 6. The Balaban J connectivity index is 1.65. The average molecular weight is 484 g/mol. The van der Waals surface area contributed by atoms with Crippen LogP contribution in [0.5, 0.6) is 0 Å². The molecule has 0 aliphatic rings. The predicted molar refractivity (Wildman–Crippen MR) is 130 cm³/mol. The molecule has 2 heterocycles. The van der Waals surface area contributed by atoms with Gasteiger partial charge in [-0.05, 0) is 55.8 Å². The monoisotopic (exact) mass is 483 g/mol. The van der Waals surface area contributed by atoms with Gasteiger partial charge in [0.15, 0.2) is 11.0 Å². The van der Waals surface area contributed by atoms with Crippen LogP contribution in [0.25, 0.3) is 17.1 Å². The smallest absolute Gasteiger partial charge is 0.237 e. The van der Waals surface area contributed by atoms with E-state index in [9.17, 15) is 4.79 Å². The molecule has 0 saturated carbocycles. The van der Waals surface area contributed by atoms with Gasteiger partial charge in [-0.1, -0.05) is 53.2 Å². The van der Waals surface area contributed by atoms with Crippen molar-refractivity contribution in [1.82, 2.24) is 19.7 Å². The zero-order valence-electron chi connectivity index (χ0n) is 17.3. The van der Waals surface area contributed by atoms with E-state index in [4.69, 9.17) is 23.2 Å². The molecule has 0 saturated heterocycles. The normalized spacial score (nSPS) is 11.9. The molecule has 1 atom stereocenters. The Kier molecular flexibility index (Phi) is 6.79. The molecule has 1 N–H and O–H groups in total. The van der Waals surface area contributed by atoms with E-state index in [1.165, 1.54) is 11.8 Å². The molecule has 1 amide bonds. The van der Waals surface area contributed by atoms with Crippen LogP contribution in [0.4, 0.5) is 5.69 Å². The number of nitrogens with zero attached hydrogens (tertiary/aromatic N) is 4. The number of thioether (sulfide) groups is 1. The van der Waals surface area contributed by atoms with Crippen molar-refractivity contribution in [1.29, 1.82) is 0 Å². The van der Waals surface area contributed by atoms with Crippen LogP contribution >= 0.6 is 35.0 Å². The number of halogens is 2. The Morgan fingerprint density at radius 3 is 2.62 bits per heavy atom. The molecule has 32 heavy (non-hydrogen) atoms. The van der Waals surface area contributed by atoms with Crippen molar-refractivity contribution in [3.63, 3.8) is 0 Å². The minimum Gasteiger partial charge on any atom is -0.324 e. The lowest BCUT2D eigenvalue weighted by Gasteiger charge is -2.15. The summed E-state index contributed by atoms with van der Waals surface area (Å²) in [5.74, 6) is 0.449. The van der Waals surface area contributed by atoms with Gasteiger partial charge in [-0.2, -0.15) is 0 Å². The standard InChI is InChI=1S/C23H19Cl2N5OS/c1-14-6-3-4-8-20(14)30-21(16-7-5-11-26-13-16)28-29-23(30)32-15(2)22(31)27-19-10-9-17(24)12-18(19)25/h3-13,15H,1-2H3,(H,27,31). The zero-order chi connectivity index (χ0) is 22.7. The Morgan fingerprint density at radius 2 is 1.91 bits per heavy atom. The highest BCUT2D eigenvalue weighted by atomic mass is 35.5. The number of anilines is 1. The number of aryl methyl sites for hydroxylation is 1. The van der Waals surface area contributed by atoms with E-state index in [1.807, 2.05) is 54.8 Å². The van der Waals surface area contributed by atoms with E-state index in [0.717, 1.165) is 16.8 Å². The lowest BCUT2D eigenvalue weighted by Crippen LogP contribution is -2.23. The third-order valence-electron chi connectivity index (χ3n) is 4.75. The summed E-state index contributed by atoms with van der Waals surface area (Å²) in [6.07, 6.45) is 3.45. The molecule has 6 nitrogen and oxygen atoms in total. The van der Waals surface area contributed by atoms with Gasteiger partial charge in [0.1, 0.15) is 0 Å². The number of hydrogen-bond acceptors (Lipinski definition) is 5. The zero-order valence-corrected chi connectivity index (χ0v) is 19.6. The van der Waals surface area contributed by atoms with Crippen molar-refractivity contribution >= 4 is 46.6 Å². The molecule has 0 radical (unpaired) electrons. The minimum atomic E-state index is -0.463. The van der Waals surface area contributed by atoms with E-state index >= 15 is 0 Å². The number of amides is 1. The van der Waals surface area contributed by atoms with Crippen molar-refractivity contribution < 1.29 is 4.79 Å². The van der Waals surface area contributed by atoms with Crippen LogP contribution in [0, 0.1) is 6.92 Å². The Hall–Kier alpha value is -2.87. The second-order valence-electron chi connectivity index (χ2n) is 7.04. The maximum Gasteiger partial charge on any atom is 0.237 e. The van der Waals surface area contributed by atoms with Crippen LogP contribution in [0.15, 0.2) is 72.1 Å². The molecule has 4 aromatic rings. The van der Waals surface area contributed by atoms with Gasteiger partial charge in [-0.15, -0.1) is 10.2 Å². The number of aromatic nitrogens is 4. The van der Waals surface area contributed by atoms with E-state index in [2.05, 4.69) is 20.5 Å². The topological polar surface area (TPSA) is 72.7 Å². The average Bonchev–Trinajstić information content (AvgIpc) is 3.19. The summed E-state index contributed by atoms with van der Waals surface area (Å²) in [7, 11) is 0. The Labute approximate surface area is 200 Å². The van der Waals surface area contributed by atoms with Gasteiger partial charge in [-0.3, -0.25) is 14.3 Å². The molecule has 2 aromatic carbocycles. The van der Waals surface area contributed by atoms with Gasteiger partial charge in [-0.25, -0.2) is 0 Å². The van der Waals surface area contributed by atoms with E-state index in [1.54, 1.807) is 30.6 Å². The molecule has 9 heteroatoms. The largest absolute Gasteiger partial charge is 0.324 e. The van der Waals surface area contributed by atoms with E-state index < -0.39 is 5.25 Å². The lowest BCUT2D eigenvalue weighted by molar-refractivity contribution is -0.115. The highest BCUT2D eigenvalue weighted by molar-refractivity contribution is 8.00. The molecule has 2 aromatic heterocycles. The first-order valence-corrected chi connectivity index (χ1v) is 11.4. The van der Waals surface area contributed by atoms with Crippen molar-refractivity contribution in [3.05, 3.63) is 82.6 Å². The fraction of sp³-hybridized carbons (Fsp3) is 0.130. The SMILES string of the molecule is Cc1ccccc1-n1c(SC(C)C(=O)Nc2ccc(Cl)cc2Cl)nnc1-c1cccnc1. The van der Waals surface area contributed by atoms with Crippen LogP contribution in [0.1, 0.15) is 12.5 Å². The fourth-order valence-corrected chi connectivity index (χ4v) is 4.41. The third-order valence-corrected chi connectivity index (χ3v) is 6.34. The second kappa shape index (κ2) is 9.73. The molecule has 1 unspecified atom stereocenters. The molecule has 0 aliphatic heterocycles. The predicted octanol–water partition coefficient (Wildman–Crippen LogP) is 6.06. The van der Waals surface area contributed by atoms with Crippen LogP contribution < -0.4 is 5.32 Å². The van der Waals surface area contributed by atoms with Gasteiger partial charge >= 0.3 is 0 Å². The minimum absolute atomic E-state index is 0.207. The molecular formula is C23H19Cl2N5OS. The highest BCUT2D eigenvalue weighted by Gasteiger charge is 2.23. The first-order valence-electron chi connectivity index (χ1n) is 9.78. The molecule has 4 rings (SSSR count). The summed E-state index contributed by atoms with van der Waals surface area (Å²) in [6, 6.07) is 16.7. The van der Waals surface area contributed by atoms with Crippen molar-refractivity contribution in [2.24, 2.45) is 0 Å². The first-order chi connectivity index (χ1) is 15.4. The van der Waals surface area contributed by atoms with Gasteiger partial charge < -0.3 is 5.32 Å². The maximum absolute atomic E-state index is 12.9.